The molecule has 0 saturated carbocycles. The molecule has 4 rings (SSSR count). The van der Waals surface area contributed by atoms with Gasteiger partial charge in [-0.25, -0.2) is 0 Å². The van der Waals surface area contributed by atoms with Gasteiger partial charge in [-0.15, -0.1) is 0 Å². The van der Waals surface area contributed by atoms with Gasteiger partial charge in [-0.05, 0) is 60.5 Å². The molecule has 1 fully saturated rings. The number of halogens is 1. The number of hydrogen-bond donors (Lipinski definition) is 1. The Balaban J connectivity index is 1.94. The van der Waals surface area contributed by atoms with Crippen LogP contribution in [-0.4, -0.2) is 36.0 Å². The number of carbonyl (C=O) groups is 2. The fourth-order valence-corrected chi connectivity index (χ4v) is 4.01. The average molecular weight is 465 g/mol. The molecule has 0 radical (unpaired) electrons. The zero-order valence-corrected chi connectivity index (χ0v) is 19.0. The molecule has 0 spiro atoms. The van der Waals surface area contributed by atoms with E-state index in [4.69, 9.17) is 21.1 Å². The zero-order chi connectivity index (χ0) is 23.7. The molecule has 168 valence electrons. The third-order valence-corrected chi connectivity index (χ3v) is 5.96. The van der Waals surface area contributed by atoms with Crippen LogP contribution in [0, 0.1) is 6.92 Å². The summed E-state index contributed by atoms with van der Waals surface area (Å²) in [5.41, 5.74) is 2.16. The summed E-state index contributed by atoms with van der Waals surface area (Å²) in [5.74, 6) is -1.05. The summed E-state index contributed by atoms with van der Waals surface area (Å²) < 4.78 is 10.6. The Labute approximate surface area is 195 Å². The van der Waals surface area contributed by atoms with Crippen molar-refractivity contribution in [2.24, 2.45) is 0 Å². The first kappa shape index (κ1) is 22.4. The summed E-state index contributed by atoms with van der Waals surface area (Å²) in [6.07, 6.45) is 3.13. The number of ether oxygens (including phenoxy) is 2. The summed E-state index contributed by atoms with van der Waals surface area (Å²) in [4.78, 5) is 31.8. The Bertz CT molecular complexity index is 1270. The van der Waals surface area contributed by atoms with Crippen LogP contribution < -0.4 is 14.4 Å². The van der Waals surface area contributed by atoms with Crippen LogP contribution in [-0.2, 0) is 9.59 Å². The minimum Gasteiger partial charge on any atom is -0.507 e. The lowest BCUT2D eigenvalue weighted by molar-refractivity contribution is -0.132. The number of Topliss-reactive ketones (excluding diaryl/α,β-unsaturated/α-hetero) is 1. The number of pyridine rings is 1. The molecule has 1 N–H and O–H groups in total. The molecule has 8 heteroatoms. The highest BCUT2D eigenvalue weighted by atomic mass is 35.5. The fraction of sp³-hybridized carbons (Fsp3) is 0.160. The average Bonchev–Trinajstić information content (AvgIpc) is 3.10. The summed E-state index contributed by atoms with van der Waals surface area (Å²) in [5, 5.41) is 11.7. The lowest BCUT2D eigenvalue weighted by Crippen LogP contribution is -2.29. The predicted octanol–water partition coefficient (Wildman–Crippen LogP) is 4.69. The summed E-state index contributed by atoms with van der Waals surface area (Å²) in [6, 6.07) is 12.4. The number of amides is 1. The van der Waals surface area contributed by atoms with Crippen molar-refractivity contribution in [2.75, 3.05) is 19.1 Å². The van der Waals surface area contributed by atoms with Crippen LogP contribution in [0.2, 0.25) is 5.02 Å². The monoisotopic (exact) mass is 464 g/mol. The topological polar surface area (TPSA) is 89.0 Å². The molecule has 0 aliphatic carbocycles. The number of nitrogens with zero attached hydrogens (tertiary/aromatic N) is 2. The number of aryl methyl sites for hydroxylation is 1. The van der Waals surface area contributed by atoms with Crippen molar-refractivity contribution in [1.82, 2.24) is 4.98 Å². The maximum Gasteiger partial charge on any atom is 0.300 e. The van der Waals surface area contributed by atoms with E-state index in [0.717, 1.165) is 5.56 Å². The smallest absolute Gasteiger partial charge is 0.300 e. The molecule has 7 nitrogen and oxygen atoms in total. The first-order valence-electron chi connectivity index (χ1n) is 10.1. The van der Waals surface area contributed by atoms with E-state index in [-0.39, 0.29) is 11.3 Å². The van der Waals surface area contributed by atoms with Crippen molar-refractivity contribution >= 4 is 34.7 Å². The van der Waals surface area contributed by atoms with Crippen molar-refractivity contribution in [3.05, 3.63) is 88.2 Å². The molecular formula is C25H21ClN2O5. The van der Waals surface area contributed by atoms with Crippen LogP contribution in [0.3, 0.4) is 0 Å². The van der Waals surface area contributed by atoms with Crippen LogP contribution >= 0.6 is 11.6 Å². The number of ketones is 1. The highest BCUT2D eigenvalue weighted by Gasteiger charge is 2.47. The van der Waals surface area contributed by atoms with Crippen LogP contribution in [0.5, 0.6) is 11.5 Å². The number of rotatable bonds is 5. The SMILES string of the molecule is COc1ccc(/C(O)=C2\C(=O)C(=O)N(c3ccc(C)c(Cl)c3)C2c2ccncc2)cc1OC. The molecule has 2 aromatic carbocycles. The van der Waals surface area contributed by atoms with Gasteiger partial charge in [0.05, 0.1) is 25.8 Å². The highest BCUT2D eigenvalue weighted by Crippen LogP contribution is 2.43. The van der Waals surface area contributed by atoms with E-state index in [0.29, 0.717) is 33.3 Å². The van der Waals surface area contributed by atoms with Crippen LogP contribution in [0.1, 0.15) is 22.7 Å². The first-order valence-corrected chi connectivity index (χ1v) is 10.4. The van der Waals surface area contributed by atoms with E-state index < -0.39 is 17.7 Å². The molecule has 1 aliphatic heterocycles. The molecule has 33 heavy (non-hydrogen) atoms. The van der Waals surface area contributed by atoms with Gasteiger partial charge in [-0.3, -0.25) is 19.5 Å². The number of carbonyl (C=O) groups excluding carboxylic acids is 2. The number of hydrogen-bond acceptors (Lipinski definition) is 6. The van der Waals surface area contributed by atoms with E-state index in [1.165, 1.54) is 19.1 Å². The Morgan fingerprint density at radius 1 is 1.00 bits per heavy atom. The van der Waals surface area contributed by atoms with E-state index >= 15 is 0 Å². The molecule has 1 aliphatic rings. The molecule has 1 amide bonds. The van der Waals surface area contributed by atoms with Gasteiger partial charge in [0.25, 0.3) is 11.7 Å². The summed E-state index contributed by atoms with van der Waals surface area (Å²) >= 11 is 6.31. The molecule has 1 atom stereocenters. The third kappa shape index (κ3) is 3.91. The van der Waals surface area contributed by atoms with E-state index in [1.54, 1.807) is 60.9 Å². The van der Waals surface area contributed by atoms with E-state index in [1.807, 2.05) is 6.92 Å². The number of anilines is 1. The lowest BCUT2D eigenvalue weighted by atomic mass is 9.95. The van der Waals surface area contributed by atoms with Gasteiger partial charge in [-0.1, -0.05) is 17.7 Å². The zero-order valence-electron chi connectivity index (χ0n) is 18.2. The van der Waals surface area contributed by atoms with Gasteiger partial charge in [0.15, 0.2) is 11.5 Å². The first-order chi connectivity index (χ1) is 15.9. The van der Waals surface area contributed by atoms with Gasteiger partial charge in [-0.2, -0.15) is 0 Å². The standard InChI is InChI=1S/C25H21ClN2O5/c1-14-4-6-17(13-18(14)26)28-22(15-8-10-27-11-9-15)21(24(30)25(28)31)23(29)16-5-7-19(32-2)20(12-16)33-3/h4-13,22,29H,1-3H3/b23-21+. The number of methoxy groups -OCH3 is 2. The van der Waals surface area contributed by atoms with E-state index in [9.17, 15) is 14.7 Å². The van der Waals surface area contributed by atoms with Crippen molar-refractivity contribution in [2.45, 2.75) is 13.0 Å². The van der Waals surface area contributed by atoms with Crippen molar-refractivity contribution in [1.29, 1.82) is 0 Å². The van der Waals surface area contributed by atoms with Gasteiger partial charge in [0.2, 0.25) is 0 Å². The number of aliphatic hydroxyl groups excluding tert-OH is 1. The van der Waals surface area contributed by atoms with Gasteiger partial charge in [0.1, 0.15) is 5.76 Å². The van der Waals surface area contributed by atoms with Gasteiger partial charge in [0, 0.05) is 28.7 Å². The van der Waals surface area contributed by atoms with Crippen LogP contribution in [0.25, 0.3) is 5.76 Å². The van der Waals surface area contributed by atoms with Gasteiger partial charge < -0.3 is 14.6 Å². The minimum atomic E-state index is -0.875. The Morgan fingerprint density at radius 2 is 1.70 bits per heavy atom. The summed E-state index contributed by atoms with van der Waals surface area (Å²) in [6.45, 7) is 1.84. The second kappa shape index (κ2) is 8.96. The Kier molecular flexibility index (Phi) is 6.07. The second-order valence-electron chi connectivity index (χ2n) is 7.45. The molecule has 3 aromatic rings. The number of aromatic nitrogens is 1. The fourth-order valence-electron chi connectivity index (χ4n) is 3.83. The van der Waals surface area contributed by atoms with Crippen LogP contribution in [0.15, 0.2) is 66.5 Å². The number of aliphatic hydroxyl groups is 1. The molecule has 1 aromatic heterocycles. The second-order valence-corrected chi connectivity index (χ2v) is 7.86. The van der Waals surface area contributed by atoms with Crippen molar-refractivity contribution in [3.8, 4) is 11.5 Å². The summed E-state index contributed by atoms with van der Waals surface area (Å²) in [7, 11) is 2.97. The lowest BCUT2D eigenvalue weighted by Gasteiger charge is -2.25. The molecule has 2 heterocycles. The largest absolute Gasteiger partial charge is 0.507 e. The quantitative estimate of drug-likeness (QED) is 0.335. The van der Waals surface area contributed by atoms with Crippen LogP contribution in [0.4, 0.5) is 5.69 Å². The Hall–Kier alpha value is -3.84. The van der Waals surface area contributed by atoms with Gasteiger partial charge >= 0.3 is 0 Å². The molecule has 1 unspecified atom stereocenters. The van der Waals surface area contributed by atoms with Crippen molar-refractivity contribution in [3.63, 3.8) is 0 Å². The number of benzene rings is 2. The Morgan fingerprint density at radius 3 is 2.33 bits per heavy atom. The maximum absolute atomic E-state index is 13.2. The normalized spacial score (nSPS) is 17.3. The molecule has 1 saturated heterocycles. The van der Waals surface area contributed by atoms with E-state index in [2.05, 4.69) is 4.98 Å². The third-order valence-electron chi connectivity index (χ3n) is 5.56. The maximum atomic E-state index is 13.2. The van der Waals surface area contributed by atoms with Crippen molar-refractivity contribution < 1.29 is 24.2 Å². The molecular weight excluding hydrogens is 444 g/mol. The predicted molar refractivity (Wildman–Crippen MR) is 125 cm³/mol. The molecule has 0 bridgehead atoms. The minimum absolute atomic E-state index is 0.0462. The highest BCUT2D eigenvalue weighted by molar-refractivity contribution is 6.51.